The third kappa shape index (κ3) is 5.72. The third-order valence-electron chi connectivity index (χ3n) is 5.84. The summed E-state index contributed by atoms with van der Waals surface area (Å²) in [5, 5.41) is 6.96. The summed E-state index contributed by atoms with van der Waals surface area (Å²) in [4.78, 5) is 5.53. The smallest absolute Gasteiger partial charge is 0.206 e. The van der Waals surface area contributed by atoms with Crippen LogP contribution in [0.25, 0.3) is 11.3 Å². The van der Waals surface area contributed by atoms with Crippen LogP contribution in [0.15, 0.2) is 76.1 Å². The molecule has 0 spiro atoms. The van der Waals surface area contributed by atoms with Crippen LogP contribution in [0.1, 0.15) is 34.7 Å². The van der Waals surface area contributed by atoms with Gasteiger partial charge in [0.15, 0.2) is 11.5 Å². The van der Waals surface area contributed by atoms with Gasteiger partial charge in [-0.3, -0.25) is 4.99 Å². The molecule has 0 radical (unpaired) electrons. The molecular formula is C29H31N3O2S. The van der Waals surface area contributed by atoms with E-state index in [9.17, 15) is 0 Å². The molecule has 1 heterocycles. The van der Waals surface area contributed by atoms with E-state index in [2.05, 4.69) is 43.3 Å². The molecule has 0 atom stereocenters. The minimum atomic E-state index is 0.482. The van der Waals surface area contributed by atoms with E-state index in [1.54, 1.807) is 18.4 Å². The average molecular weight is 486 g/mol. The molecule has 0 fully saturated rings. The second-order valence-corrected chi connectivity index (χ2v) is 9.21. The van der Waals surface area contributed by atoms with Crippen molar-refractivity contribution in [2.45, 2.75) is 34.3 Å². The van der Waals surface area contributed by atoms with Gasteiger partial charge in [0.2, 0.25) is 4.80 Å². The second-order valence-electron chi connectivity index (χ2n) is 8.37. The monoisotopic (exact) mass is 485 g/mol. The lowest BCUT2D eigenvalue weighted by atomic mass is 9.99. The predicted octanol–water partition coefficient (Wildman–Crippen LogP) is 6.53. The van der Waals surface area contributed by atoms with Crippen LogP contribution in [-0.4, -0.2) is 24.5 Å². The predicted molar refractivity (Wildman–Crippen MR) is 145 cm³/mol. The number of methoxy groups -OCH3 is 1. The number of nitrogens with zero attached hydrogens (tertiary/aromatic N) is 3. The highest BCUT2D eigenvalue weighted by Gasteiger charge is 2.12. The number of rotatable bonds is 8. The average Bonchev–Trinajstić information content (AvgIpc) is 3.26. The van der Waals surface area contributed by atoms with Crippen molar-refractivity contribution in [3.05, 3.63) is 98.7 Å². The fourth-order valence-corrected chi connectivity index (χ4v) is 4.71. The molecule has 4 aromatic rings. The fraction of sp³-hybridized carbons (Fsp3) is 0.241. The Balaban J connectivity index is 1.65. The number of aromatic nitrogens is 1. The van der Waals surface area contributed by atoms with Crippen molar-refractivity contribution < 1.29 is 9.47 Å². The van der Waals surface area contributed by atoms with Gasteiger partial charge in [0.05, 0.1) is 19.0 Å². The lowest BCUT2D eigenvalue weighted by Crippen LogP contribution is -2.12. The van der Waals surface area contributed by atoms with E-state index in [0.717, 1.165) is 21.6 Å². The van der Waals surface area contributed by atoms with Crippen molar-refractivity contribution in [2.24, 2.45) is 10.1 Å². The van der Waals surface area contributed by atoms with Gasteiger partial charge in [0, 0.05) is 17.5 Å². The summed E-state index contributed by atoms with van der Waals surface area (Å²) in [5.41, 5.74) is 8.00. The standard InChI is InChI=1S/C29H31N3O2S/c1-6-30-29-32(26(19-35-29)25-15-21(3)20(2)14-22(25)4)31-17-24-12-13-27(28(16-24)33-5)34-18-23-10-8-7-9-11-23/h7-17,19H,6,18H2,1-5H3. The molecule has 0 saturated heterocycles. The van der Waals surface area contributed by atoms with E-state index >= 15 is 0 Å². The van der Waals surface area contributed by atoms with Gasteiger partial charge in [0.1, 0.15) is 6.61 Å². The van der Waals surface area contributed by atoms with Crippen LogP contribution < -0.4 is 14.3 Å². The first-order valence-electron chi connectivity index (χ1n) is 11.7. The lowest BCUT2D eigenvalue weighted by molar-refractivity contribution is 0.284. The van der Waals surface area contributed by atoms with Gasteiger partial charge in [-0.2, -0.15) is 5.10 Å². The molecule has 6 heteroatoms. The maximum atomic E-state index is 5.99. The van der Waals surface area contributed by atoms with E-state index in [-0.39, 0.29) is 0 Å². The van der Waals surface area contributed by atoms with Crippen LogP contribution in [0.4, 0.5) is 0 Å². The minimum Gasteiger partial charge on any atom is -0.493 e. The first-order chi connectivity index (χ1) is 17.0. The number of thiazole rings is 1. The summed E-state index contributed by atoms with van der Waals surface area (Å²) in [7, 11) is 1.65. The van der Waals surface area contributed by atoms with Crippen LogP contribution in [-0.2, 0) is 6.61 Å². The van der Waals surface area contributed by atoms with Gasteiger partial charge in [0.25, 0.3) is 0 Å². The maximum Gasteiger partial charge on any atom is 0.206 e. The van der Waals surface area contributed by atoms with E-state index in [1.165, 1.54) is 22.3 Å². The van der Waals surface area contributed by atoms with Crippen LogP contribution in [0.5, 0.6) is 11.5 Å². The van der Waals surface area contributed by atoms with Crippen molar-refractivity contribution in [3.8, 4) is 22.8 Å². The fourth-order valence-electron chi connectivity index (χ4n) is 3.82. The molecule has 0 amide bonds. The van der Waals surface area contributed by atoms with Crippen molar-refractivity contribution >= 4 is 17.6 Å². The molecule has 35 heavy (non-hydrogen) atoms. The number of hydrogen-bond donors (Lipinski definition) is 0. The lowest BCUT2D eigenvalue weighted by Gasteiger charge is -2.12. The van der Waals surface area contributed by atoms with E-state index in [4.69, 9.17) is 14.6 Å². The topological polar surface area (TPSA) is 48.1 Å². The minimum absolute atomic E-state index is 0.482. The Bertz CT molecular complexity index is 1400. The molecular weight excluding hydrogens is 454 g/mol. The van der Waals surface area contributed by atoms with E-state index in [0.29, 0.717) is 24.7 Å². The zero-order valence-electron chi connectivity index (χ0n) is 20.9. The zero-order chi connectivity index (χ0) is 24.8. The molecule has 0 bridgehead atoms. The van der Waals surface area contributed by atoms with Gasteiger partial charge in [-0.25, -0.2) is 4.68 Å². The van der Waals surface area contributed by atoms with Crippen molar-refractivity contribution in [2.75, 3.05) is 13.7 Å². The normalized spacial score (nSPS) is 11.9. The molecule has 0 N–H and O–H groups in total. The van der Waals surface area contributed by atoms with Crippen molar-refractivity contribution in [1.29, 1.82) is 0 Å². The first kappa shape index (κ1) is 24.5. The SMILES string of the molecule is CCN=c1scc(-c2cc(C)c(C)cc2C)n1N=Cc1ccc(OCc2ccccc2)c(OC)c1. The zero-order valence-corrected chi connectivity index (χ0v) is 21.7. The largest absolute Gasteiger partial charge is 0.493 e. The highest BCUT2D eigenvalue weighted by molar-refractivity contribution is 7.07. The molecule has 0 aliphatic carbocycles. The summed E-state index contributed by atoms with van der Waals surface area (Å²) in [6, 6.07) is 20.4. The van der Waals surface area contributed by atoms with Gasteiger partial charge in [-0.05, 0) is 79.8 Å². The second kappa shape index (κ2) is 11.2. The molecule has 3 aromatic carbocycles. The molecule has 5 nitrogen and oxygen atoms in total. The van der Waals surface area contributed by atoms with E-state index in [1.807, 2.05) is 66.3 Å². The van der Waals surface area contributed by atoms with Gasteiger partial charge in [-0.1, -0.05) is 36.4 Å². The maximum absolute atomic E-state index is 5.99. The Morgan fingerprint density at radius 2 is 1.69 bits per heavy atom. The van der Waals surface area contributed by atoms with Gasteiger partial charge >= 0.3 is 0 Å². The quantitative estimate of drug-likeness (QED) is 0.266. The Morgan fingerprint density at radius 1 is 0.914 bits per heavy atom. The van der Waals surface area contributed by atoms with Crippen molar-refractivity contribution in [1.82, 2.24) is 4.68 Å². The molecule has 0 unspecified atom stereocenters. The number of hydrogen-bond acceptors (Lipinski definition) is 5. The Hall–Kier alpha value is -3.64. The van der Waals surface area contributed by atoms with Crippen LogP contribution in [0.3, 0.4) is 0 Å². The number of benzene rings is 3. The van der Waals surface area contributed by atoms with Gasteiger partial charge < -0.3 is 9.47 Å². The molecule has 0 aliphatic heterocycles. The summed E-state index contributed by atoms with van der Waals surface area (Å²) in [6.07, 6.45) is 1.84. The molecule has 4 rings (SSSR count). The summed E-state index contributed by atoms with van der Waals surface area (Å²) >= 11 is 1.60. The number of aryl methyl sites for hydroxylation is 3. The van der Waals surface area contributed by atoms with Gasteiger partial charge in [-0.15, -0.1) is 11.3 Å². The Kier molecular flexibility index (Phi) is 7.83. The Labute approximate surface area is 211 Å². The summed E-state index contributed by atoms with van der Waals surface area (Å²) < 4.78 is 13.5. The molecule has 0 saturated carbocycles. The summed E-state index contributed by atoms with van der Waals surface area (Å²) in [6.45, 7) is 9.64. The highest BCUT2D eigenvalue weighted by atomic mass is 32.1. The van der Waals surface area contributed by atoms with Crippen LogP contribution >= 0.6 is 11.3 Å². The number of ether oxygens (including phenoxy) is 2. The van der Waals surface area contributed by atoms with E-state index < -0.39 is 0 Å². The molecule has 1 aromatic heterocycles. The van der Waals surface area contributed by atoms with Crippen molar-refractivity contribution in [3.63, 3.8) is 0 Å². The first-order valence-corrected chi connectivity index (χ1v) is 12.6. The molecule has 180 valence electrons. The third-order valence-corrected chi connectivity index (χ3v) is 6.70. The summed E-state index contributed by atoms with van der Waals surface area (Å²) in [5.74, 6) is 1.37. The highest BCUT2D eigenvalue weighted by Crippen LogP contribution is 2.29. The van der Waals surface area contributed by atoms with Crippen LogP contribution in [0, 0.1) is 20.8 Å². The van der Waals surface area contributed by atoms with Crippen LogP contribution in [0.2, 0.25) is 0 Å². The molecule has 0 aliphatic rings. The Morgan fingerprint density at radius 3 is 2.43 bits per heavy atom.